The Hall–Kier alpha value is -0.610. The second kappa shape index (κ2) is 1.93. The van der Waals surface area contributed by atoms with E-state index in [4.69, 9.17) is 9.84 Å². The maximum absolute atomic E-state index is 10.5. The molecule has 0 spiro atoms. The Morgan fingerprint density at radius 2 is 2.50 bits per heavy atom. The van der Waals surface area contributed by atoms with E-state index in [-0.39, 0.29) is 18.2 Å². The third-order valence-corrected chi connectivity index (χ3v) is 2.15. The van der Waals surface area contributed by atoms with E-state index in [1.807, 2.05) is 0 Å². The molecule has 2 rings (SSSR count). The molecule has 2 heterocycles. The Morgan fingerprint density at radius 1 is 1.70 bits per heavy atom. The van der Waals surface area contributed by atoms with E-state index in [9.17, 15) is 4.79 Å². The minimum Gasteiger partial charge on any atom is -0.481 e. The lowest BCUT2D eigenvalue weighted by Crippen LogP contribution is -2.31. The average molecular weight is 143 g/mol. The van der Waals surface area contributed by atoms with Gasteiger partial charge in [0, 0.05) is 12.5 Å². The summed E-state index contributed by atoms with van der Waals surface area (Å²) in [4.78, 5) is 10.5. The Labute approximate surface area is 58.2 Å². The number of aliphatic carboxylic acids is 1. The molecule has 56 valence electrons. The summed E-state index contributed by atoms with van der Waals surface area (Å²) >= 11 is 0. The fourth-order valence-corrected chi connectivity index (χ4v) is 1.59. The van der Waals surface area contributed by atoms with E-state index in [0.717, 1.165) is 0 Å². The molecular formula is C6H9NO3. The van der Waals surface area contributed by atoms with Crippen LogP contribution in [0.15, 0.2) is 0 Å². The lowest BCUT2D eigenvalue weighted by Gasteiger charge is -2.14. The van der Waals surface area contributed by atoms with Crippen LogP contribution in [0.1, 0.15) is 6.42 Å². The van der Waals surface area contributed by atoms with E-state index < -0.39 is 5.97 Å². The van der Waals surface area contributed by atoms with Crippen LogP contribution in [0.3, 0.4) is 0 Å². The van der Waals surface area contributed by atoms with Crippen molar-refractivity contribution < 1.29 is 14.6 Å². The first kappa shape index (κ1) is 6.12. The molecule has 0 amide bonds. The number of ether oxygens (including phenoxy) is 1. The number of carboxylic acids is 1. The number of hydrogen-bond donors (Lipinski definition) is 2. The summed E-state index contributed by atoms with van der Waals surface area (Å²) < 4.78 is 5.16. The zero-order chi connectivity index (χ0) is 7.14. The molecule has 0 radical (unpaired) electrons. The molecule has 0 saturated carbocycles. The molecule has 2 saturated heterocycles. The van der Waals surface area contributed by atoms with Crippen molar-refractivity contribution in [2.24, 2.45) is 5.92 Å². The highest BCUT2D eigenvalue weighted by Crippen LogP contribution is 2.27. The molecule has 2 bridgehead atoms. The van der Waals surface area contributed by atoms with Gasteiger partial charge >= 0.3 is 5.97 Å². The van der Waals surface area contributed by atoms with E-state index in [1.165, 1.54) is 0 Å². The summed E-state index contributed by atoms with van der Waals surface area (Å²) in [6.07, 6.45) is 0.631. The molecule has 2 fully saturated rings. The van der Waals surface area contributed by atoms with Crippen LogP contribution in [0.25, 0.3) is 0 Å². The Bertz CT molecular complexity index is 170. The number of hydrogen-bond acceptors (Lipinski definition) is 3. The standard InChI is InChI=1S/C6H9NO3/c8-6(9)3-1-5-7-4(3)2-10-5/h3-5,7H,1-2H2,(H,8,9). The molecule has 2 N–H and O–H groups in total. The molecule has 2 aliphatic rings. The van der Waals surface area contributed by atoms with Gasteiger partial charge in [0.25, 0.3) is 0 Å². The molecule has 0 aliphatic carbocycles. The summed E-state index contributed by atoms with van der Waals surface area (Å²) in [6.45, 7) is 0.557. The molecule has 0 aromatic rings. The minimum absolute atomic E-state index is 0.00565. The highest BCUT2D eigenvalue weighted by Gasteiger charge is 2.43. The summed E-state index contributed by atoms with van der Waals surface area (Å²) in [5.41, 5.74) is 0. The Morgan fingerprint density at radius 3 is 2.80 bits per heavy atom. The van der Waals surface area contributed by atoms with Crippen LogP contribution in [0.2, 0.25) is 0 Å². The fraction of sp³-hybridized carbons (Fsp3) is 0.833. The molecule has 4 heteroatoms. The number of nitrogens with one attached hydrogen (secondary N) is 1. The Balaban J connectivity index is 2.08. The van der Waals surface area contributed by atoms with Crippen LogP contribution in [0.5, 0.6) is 0 Å². The van der Waals surface area contributed by atoms with Crippen molar-refractivity contribution in [3.8, 4) is 0 Å². The van der Waals surface area contributed by atoms with Crippen molar-refractivity contribution in [2.45, 2.75) is 18.7 Å². The predicted molar refractivity (Wildman–Crippen MR) is 32.4 cm³/mol. The van der Waals surface area contributed by atoms with Crippen molar-refractivity contribution in [2.75, 3.05) is 6.61 Å². The number of fused-ring (bicyclic) bond motifs is 2. The van der Waals surface area contributed by atoms with Gasteiger partial charge in [-0.2, -0.15) is 0 Å². The Kier molecular flexibility index (Phi) is 1.18. The van der Waals surface area contributed by atoms with Gasteiger partial charge in [0.1, 0.15) is 6.23 Å². The molecule has 3 unspecified atom stereocenters. The SMILES string of the molecule is O=C(O)C1CC2NC1CO2. The van der Waals surface area contributed by atoms with Gasteiger partial charge in [-0.25, -0.2) is 0 Å². The highest BCUT2D eigenvalue weighted by molar-refractivity contribution is 5.71. The van der Waals surface area contributed by atoms with Gasteiger partial charge in [-0.1, -0.05) is 0 Å². The summed E-state index contributed by atoms with van der Waals surface area (Å²) in [5, 5.41) is 11.7. The van der Waals surface area contributed by atoms with Crippen LogP contribution in [0.4, 0.5) is 0 Å². The second-order valence-corrected chi connectivity index (χ2v) is 2.78. The maximum Gasteiger partial charge on any atom is 0.308 e. The summed E-state index contributed by atoms with van der Waals surface area (Å²) in [6, 6.07) is 0.0579. The van der Waals surface area contributed by atoms with Gasteiger partial charge in [0.05, 0.1) is 12.5 Å². The first-order valence-electron chi connectivity index (χ1n) is 3.38. The predicted octanol–water partition coefficient (Wildman–Crippen LogP) is -0.595. The van der Waals surface area contributed by atoms with Crippen molar-refractivity contribution in [1.82, 2.24) is 5.32 Å². The van der Waals surface area contributed by atoms with E-state index in [0.29, 0.717) is 13.0 Å². The first-order valence-corrected chi connectivity index (χ1v) is 3.38. The molecule has 3 atom stereocenters. The third-order valence-electron chi connectivity index (χ3n) is 2.15. The number of rotatable bonds is 1. The van der Waals surface area contributed by atoms with Crippen molar-refractivity contribution >= 4 is 5.97 Å². The van der Waals surface area contributed by atoms with Gasteiger partial charge < -0.3 is 9.84 Å². The van der Waals surface area contributed by atoms with E-state index >= 15 is 0 Å². The second-order valence-electron chi connectivity index (χ2n) is 2.78. The zero-order valence-electron chi connectivity index (χ0n) is 5.41. The normalized spacial score (nSPS) is 44.2. The van der Waals surface area contributed by atoms with Gasteiger partial charge in [0.2, 0.25) is 0 Å². The van der Waals surface area contributed by atoms with E-state index in [1.54, 1.807) is 0 Å². The third kappa shape index (κ3) is 0.726. The summed E-state index contributed by atoms with van der Waals surface area (Å²) in [7, 11) is 0. The lowest BCUT2D eigenvalue weighted by molar-refractivity contribution is -0.143. The molecule has 0 aromatic heterocycles. The van der Waals surface area contributed by atoms with Gasteiger partial charge in [-0.05, 0) is 0 Å². The largest absolute Gasteiger partial charge is 0.481 e. The van der Waals surface area contributed by atoms with Gasteiger partial charge in [-0.15, -0.1) is 0 Å². The minimum atomic E-state index is -0.705. The van der Waals surface area contributed by atoms with Crippen molar-refractivity contribution in [3.63, 3.8) is 0 Å². The first-order chi connectivity index (χ1) is 4.77. The summed E-state index contributed by atoms with van der Waals surface area (Å²) in [5.74, 6) is -0.929. The van der Waals surface area contributed by atoms with Gasteiger partial charge in [-0.3, -0.25) is 10.1 Å². The lowest BCUT2D eigenvalue weighted by atomic mass is 10.0. The van der Waals surface area contributed by atoms with Gasteiger partial charge in [0.15, 0.2) is 0 Å². The molecule has 4 nitrogen and oxygen atoms in total. The molecular weight excluding hydrogens is 134 g/mol. The highest BCUT2D eigenvalue weighted by atomic mass is 16.5. The topological polar surface area (TPSA) is 58.6 Å². The van der Waals surface area contributed by atoms with Crippen molar-refractivity contribution in [1.29, 1.82) is 0 Å². The zero-order valence-corrected chi connectivity index (χ0v) is 5.41. The van der Waals surface area contributed by atoms with E-state index in [2.05, 4.69) is 5.32 Å². The maximum atomic E-state index is 10.5. The number of carbonyl (C=O) groups is 1. The molecule has 0 aromatic carbocycles. The monoisotopic (exact) mass is 143 g/mol. The molecule has 10 heavy (non-hydrogen) atoms. The fourth-order valence-electron chi connectivity index (χ4n) is 1.59. The van der Waals surface area contributed by atoms with Crippen molar-refractivity contribution in [3.05, 3.63) is 0 Å². The van der Waals surface area contributed by atoms with Crippen LogP contribution >= 0.6 is 0 Å². The van der Waals surface area contributed by atoms with Crippen LogP contribution < -0.4 is 5.32 Å². The van der Waals surface area contributed by atoms with Crippen LogP contribution in [-0.4, -0.2) is 30.0 Å². The smallest absolute Gasteiger partial charge is 0.308 e. The van der Waals surface area contributed by atoms with Crippen LogP contribution in [-0.2, 0) is 9.53 Å². The average Bonchev–Trinajstić information content (AvgIpc) is 2.44. The van der Waals surface area contributed by atoms with Crippen LogP contribution in [0, 0.1) is 5.92 Å². The molecule has 2 aliphatic heterocycles. The quantitative estimate of drug-likeness (QED) is 0.515. The number of carboxylic acid groups (broad SMARTS) is 1.